The van der Waals surface area contributed by atoms with E-state index in [2.05, 4.69) is 11.1 Å². The molecule has 0 N–H and O–H groups in total. The van der Waals surface area contributed by atoms with Crippen LogP contribution in [0.4, 0.5) is 5.69 Å². The molecular weight excluding hydrogens is 372 g/mol. The molecule has 3 aliphatic heterocycles. The van der Waals surface area contributed by atoms with Crippen molar-refractivity contribution in [3.8, 4) is 17.4 Å². The molecule has 2 aromatic rings. The van der Waals surface area contributed by atoms with Crippen molar-refractivity contribution in [1.29, 1.82) is 0 Å². The number of carbonyl (C=O) groups excluding carboxylic acids is 1. The molecule has 1 aromatic carbocycles. The minimum Gasteiger partial charge on any atom is -0.481 e. The number of aromatic nitrogens is 1. The van der Waals surface area contributed by atoms with E-state index in [4.69, 9.17) is 21.1 Å². The van der Waals surface area contributed by atoms with E-state index in [1.165, 1.54) is 0 Å². The van der Waals surface area contributed by atoms with Gasteiger partial charge in [-0.2, -0.15) is 0 Å². The zero-order chi connectivity index (χ0) is 17.8. The number of hydrogen-bond acceptors (Lipinski definition) is 5. The van der Waals surface area contributed by atoms with E-state index in [1.807, 2.05) is 23.1 Å². The lowest BCUT2D eigenvalue weighted by Crippen LogP contribution is -2.31. The van der Waals surface area contributed by atoms with Gasteiger partial charge in [0.05, 0.1) is 24.1 Å². The average Bonchev–Trinajstić information content (AvgIpc) is 3.19. The van der Waals surface area contributed by atoms with Crippen molar-refractivity contribution in [3.63, 3.8) is 0 Å². The highest BCUT2D eigenvalue weighted by Crippen LogP contribution is 2.53. The van der Waals surface area contributed by atoms with Crippen LogP contribution in [0.15, 0.2) is 41.3 Å². The Hall–Kier alpha value is -2.18. The fourth-order valence-electron chi connectivity index (χ4n) is 3.67. The molecule has 5 nitrogen and oxygen atoms in total. The number of hydrogen-bond donors (Lipinski definition) is 0. The maximum atomic E-state index is 13.3. The summed E-state index contributed by atoms with van der Waals surface area (Å²) in [6.45, 7) is 0.527. The Morgan fingerprint density at radius 1 is 1.35 bits per heavy atom. The third kappa shape index (κ3) is 2.32. The number of ether oxygens (including phenoxy) is 2. The van der Waals surface area contributed by atoms with Crippen LogP contribution in [0.25, 0.3) is 0 Å². The highest BCUT2D eigenvalue weighted by molar-refractivity contribution is 8.05. The van der Waals surface area contributed by atoms with Crippen molar-refractivity contribution in [2.24, 2.45) is 0 Å². The van der Waals surface area contributed by atoms with Gasteiger partial charge in [0.25, 0.3) is 0 Å². The summed E-state index contributed by atoms with van der Waals surface area (Å²) in [7, 11) is 1.56. The lowest BCUT2D eigenvalue weighted by atomic mass is 9.93. The van der Waals surface area contributed by atoms with E-state index in [0.29, 0.717) is 29.6 Å². The summed E-state index contributed by atoms with van der Waals surface area (Å²) in [5, 5.41) is 0. The first-order valence-corrected chi connectivity index (χ1v) is 9.64. The fourth-order valence-corrected chi connectivity index (χ4v) is 5.02. The number of carbonyl (C=O) groups is 1. The summed E-state index contributed by atoms with van der Waals surface area (Å²) in [5.41, 5.74) is 2.38. The van der Waals surface area contributed by atoms with Crippen LogP contribution in [-0.2, 0) is 4.79 Å². The van der Waals surface area contributed by atoms with Crippen molar-refractivity contribution in [1.82, 2.24) is 4.98 Å². The van der Waals surface area contributed by atoms with Gasteiger partial charge in [0.15, 0.2) is 0 Å². The highest BCUT2D eigenvalue weighted by Gasteiger charge is 2.45. The third-order valence-corrected chi connectivity index (χ3v) is 6.31. The number of allylic oxidation sites excluding steroid dienone is 1. The van der Waals surface area contributed by atoms with Crippen molar-refractivity contribution in [3.05, 3.63) is 52.6 Å². The van der Waals surface area contributed by atoms with E-state index in [1.54, 1.807) is 31.0 Å². The van der Waals surface area contributed by atoms with Crippen LogP contribution >= 0.6 is 23.4 Å². The smallest absolute Gasteiger partial charge is 0.241 e. The van der Waals surface area contributed by atoms with E-state index < -0.39 is 5.92 Å². The predicted molar refractivity (Wildman–Crippen MR) is 101 cm³/mol. The topological polar surface area (TPSA) is 51.7 Å². The third-order valence-electron chi connectivity index (χ3n) is 4.82. The van der Waals surface area contributed by atoms with Crippen LogP contribution < -0.4 is 14.4 Å². The van der Waals surface area contributed by atoms with E-state index in [-0.39, 0.29) is 10.6 Å². The summed E-state index contributed by atoms with van der Waals surface area (Å²) < 4.78 is 11.3. The van der Waals surface area contributed by atoms with Gasteiger partial charge in [-0.1, -0.05) is 12.1 Å². The van der Waals surface area contributed by atoms with E-state index in [9.17, 15) is 4.79 Å². The van der Waals surface area contributed by atoms with Gasteiger partial charge in [-0.3, -0.25) is 4.79 Å². The second-order valence-electron chi connectivity index (χ2n) is 6.32. The molecular formula is C19H15ClN2O3S. The molecule has 0 saturated heterocycles. The first-order chi connectivity index (χ1) is 12.7. The highest BCUT2D eigenvalue weighted by atomic mass is 35.5. The zero-order valence-corrected chi connectivity index (χ0v) is 15.5. The zero-order valence-electron chi connectivity index (χ0n) is 13.9. The molecule has 26 heavy (non-hydrogen) atoms. The number of anilines is 1. The van der Waals surface area contributed by atoms with Gasteiger partial charge in [-0.05, 0) is 24.6 Å². The number of pyridine rings is 1. The first kappa shape index (κ1) is 16.0. The van der Waals surface area contributed by atoms with Gasteiger partial charge in [-0.15, -0.1) is 23.4 Å². The van der Waals surface area contributed by atoms with Crippen molar-refractivity contribution in [2.45, 2.75) is 17.0 Å². The molecule has 2 atom stereocenters. The summed E-state index contributed by atoms with van der Waals surface area (Å²) >= 11 is 7.80. The molecule has 3 aliphatic rings. The number of halogens is 1. The Morgan fingerprint density at radius 3 is 3.00 bits per heavy atom. The van der Waals surface area contributed by atoms with Crippen molar-refractivity contribution >= 4 is 35.0 Å². The molecule has 0 aliphatic carbocycles. The van der Waals surface area contributed by atoms with Crippen LogP contribution in [0.1, 0.15) is 23.6 Å². The molecule has 132 valence electrons. The fraction of sp³-hybridized carbons (Fsp3) is 0.263. The minimum absolute atomic E-state index is 0.0114. The van der Waals surface area contributed by atoms with E-state index in [0.717, 1.165) is 22.6 Å². The van der Waals surface area contributed by atoms with Gasteiger partial charge >= 0.3 is 0 Å². The molecule has 1 aromatic heterocycles. The number of methoxy groups -OCH3 is 1. The molecule has 1 amide bonds. The summed E-state index contributed by atoms with van der Waals surface area (Å²) in [6, 6.07) is 9.32. The summed E-state index contributed by atoms with van der Waals surface area (Å²) in [6.07, 6.45) is 2.93. The second kappa shape index (κ2) is 5.93. The Labute approximate surface area is 159 Å². The lowest BCUT2D eigenvalue weighted by molar-refractivity contribution is -0.118. The van der Waals surface area contributed by atoms with Gasteiger partial charge in [0.1, 0.15) is 23.1 Å². The van der Waals surface area contributed by atoms with Gasteiger partial charge in [0, 0.05) is 16.5 Å². The SMILES string of the molecule is COc1ccc2c(n1)C1C(=O)N(CC3=CCC(Cl)S3)c3cccc(c31)O2. The van der Waals surface area contributed by atoms with Crippen LogP contribution in [0, 0.1) is 0 Å². The lowest BCUT2D eigenvalue weighted by Gasteiger charge is -2.22. The molecule has 0 fully saturated rings. The van der Waals surface area contributed by atoms with Crippen LogP contribution in [0.2, 0.25) is 0 Å². The van der Waals surface area contributed by atoms with Crippen molar-refractivity contribution < 1.29 is 14.3 Å². The number of fused-ring (bicyclic) bond motifs is 2. The molecule has 0 saturated carbocycles. The number of amides is 1. The van der Waals surface area contributed by atoms with Crippen molar-refractivity contribution in [2.75, 3.05) is 18.6 Å². The Balaban J connectivity index is 1.60. The average molecular weight is 387 g/mol. The Morgan fingerprint density at radius 2 is 2.23 bits per heavy atom. The maximum absolute atomic E-state index is 13.3. The minimum atomic E-state index is -0.459. The maximum Gasteiger partial charge on any atom is 0.241 e. The van der Waals surface area contributed by atoms with Crippen LogP contribution in [-0.4, -0.2) is 29.3 Å². The number of nitrogens with zero attached hydrogens (tertiary/aromatic N) is 2. The Bertz CT molecular complexity index is 962. The molecule has 0 radical (unpaired) electrons. The molecule has 0 spiro atoms. The van der Waals surface area contributed by atoms with E-state index >= 15 is 0 Å². The van der Waals surface area contributed by atoms with Gasteiger partial charge in [-0.25, -0.2) is 4.98 Å². The molecule has 5 rings (SSSR count). The Kier molecular flexibility index (Phi) is 3.65. The number of rotatable bonds is 3. The predicted octanol–water partition coefficient (Wildman–Crippen LogP) is 4.26. The van der Waals surface area contributed by atoms with Crippen LogP contribution in [0.3, 0.4) is 0 Å². The molecule has 2 unspecified atom stereocenters. The number of benzene rings is 1. The van der Waals surface area contributed by atoms with Crippen LogP contribution in [0.5, 0.6) is 17.4 Å². The first-order valence-electron chi connectivity index (χ1n) is 8.32. The standard InChI is InChI=1S/C19H15ClN2O3S/c1-24-15-8-6-13-18(21-15)17-16-11(3-2-4-12(16)25-13)22(19(17)23)9-10-5-7-14(20)26-10/h2-6,8,14,17H,7,9H2,1H3. The van der Waals surface area contributed by atoms with Gasteiger partial charge in [0.2, 0.25) is 11.8 Å². The molecule has 0 bridgehead atoms. The normalized spacial score (nSPS) is 22.6. The quantitative estimate of drug-likeness (QED) is 0.738. The molecule has 4 heterocycles. The summed E-state index contributed by atoms with van der Waals surface area (Å²) in [4.78, 5) is 20.8. The number of alkyl halides is 1. The summed E-state index contributed by atoms with van der Waals surface area (Å²) in [5.74, 6) is 1.34. The number of thioether (sulfide) groups is 1. The molecule has 7 heteroatoms. The van der Waals surface area contributed by atoms with Gasteiger partial charge < -0.3 is 14.4 Å². The second-order valence-corrected chi connectivity index (χ2v) is 8.43. The monoisotopic (exact) mass is 386 g/mol. The largest absolute Gasteiger partial charge is 0.481 e.